The number of nitro benzene ring substituents is 1. The summed E-state index contributed by atoms with van der Waals surface area (Å²) in [5.74, 6) is 0. The van der Waals surface area contributed by atoms with Crippen LogP contribution in [0.15, 0.2) is 22.5 Å². The van der Waals surface area contributed by atoms with Gasteiger partial charge in [-0.2, -0.15) is 0 Å². The maximum absolute atomic E-state index is 12.3. The Bertz CT molecular complexity index is 773. The van der Waals surface area contributed by atoms with E-state index in [2.05, 4.69) is 20.2 Å². The molecule has 1 aromatic heterocycles. The van der Waals surface area contributed by atoms with Crippen molar-refractivity contribution in [3.05, 3.63) is 33.3 Å². The Morgan fingerprint density at radius 3 is 2.62 bits per heavy atom. The van der Waals surface area contributed by atoms with Crippen LogP contribution in [0.4, 0.5) is 16.5 Å². The van der Waals surface area contributed by atoms with Crippen molar-refractivity contribution in [2.24, 2.45) is 0 Å². The van der Waals surface area contributed by atoms with Gasteiger partial charge in [-0.1, -0.05) is 11.3 Å². The zero-order valence-corrected chi connectivity index (χ0v) is 12.7. The SMILES string of the molecule is CNc1cc(C)c(S(=O)(=O)Nc2nncs2)cc1[N+](=O)[O-]. The summed E-state index contributed by atoms with van der Waals surface area (Å²) in [7, 11) is -2.45. The molecule has 0 amide bonds. The molecule has 2 N–H and O–H groups in total. The van der Waals surface area contributed by atoms with E-state index in [9.17, 15) is 18.5 Å². The molecule has 21 heavy (non-hydrogen) atoms. The number of sulfonamides is 1. The van der Waals surface area contributed by atoms with Gasteiger partial charge in [-0.05, 0) is 18.6 Å². The molecule has 0 aliphatic carbocycles. The van der Waals surface area contributed by atoms with Crippen molar-refractivity contribution in [1.29, 1.82) is 0 Å². The Morgan fingerprint density at radius 2 is 2.10 bits per heavy atom. The number of nitro groups is 1. The zero-order valence-electron chi connectivity index (χ0n) is 11.0. The van der Waals surface area contributed by atoms with E-state index in [-0.39, 0.29) is 21.4 Å². The van der Waals surface area contributed by atoms with E-state index in [4.69, 9.17) is 0 Å². The molecule has 112 valence electrons. The number of hydrogen-bond acceptors (Lipinski definition) is 8. The lowest BCUT2D eigenvalue weighted by Crippen LogP contribution is -2.15. The molecule has 0 aliphatic heterocycles. The average molecular weight is 329 g/mol. The van der Waals surface area contributed by atoms with Gasteiger partial charge in [-0.15, -0.1) is 10.2 Å². The molecule has 0 aliphatic rings. The predicted molar refractivity (Wildman–Crippen MR) is 78.1 cm³/mol. The summed E-state index contributed by atoms with van der Waals surface area (Å²) in [6.07, 6.45) is 0. The van der Waals surface area contributed by atoms with Crippen LogP contribution in [-0.4, -0.2) is 30.6 Å². The Morgan fingerprint density at radius 1 is 1.38 bits per heavy atom. The Labute approximate surface area is 124 Å². The van der Waals surface area contributed by atoms with Crippen LogP contribution in [0, 0.1) is 17.0 Å². The summed E-state index contributed by atoms with van der Waals surface area (Å²) >= 11 is 1.01. The van der Waals surface area contributed by atoms with Crippen LogP contribution in [0.3, 0.4) is 0 Å². The van der Waals surface area contributed by atoms with Crippen LogP contribution in [0.2, 0.25) is 0 Å². The maximum Gasteiger partial charge on any atom is 0.293 e. The highest BCUT2D eigenvalue weighted by molar-refractivity contribution is 7.93. The second kappa shape index (κ2) is 5.61. The van der Waals surface area contributed by atoms with Crippen molar-refractivity contribution in [1.82, 2.24) is 10.2 Å². The quantitative estimate of drug-likeness (QED) is 0.630. The molecule has 0 atom stereocenters. The summed E-state index contributed by atoms with van der Waals surface area (Å²) in [5, 5.41) is 20.9. The standard InChI is InChI=1S/C10H11N5O4S2/c1-6-3-7(11-2)8(15(16)17)4-9(6)21(18,19)14-10-13-12-5-20-10/h3-5,11H,1-2H3,(H,13,14). The highest BCUT2D eigenvalue weighted by Gasteiger charge is 2.24. The molecule has 9 nitrogen and oxygen atoms in total. The molecule has 0 saturated heterocycles. The van der Waals surface area contributed by atoms with E-state index in [1.165, 1.54) is 18.6 Å². The van der Waals surface area contributed by atoms with E-state index in [0.717, 1.165) is 17.4 Å². The van der Waals surface area contributed by atoms with Gasteiger partial charge in [0.15, 0.2) is 0 Å². The molecule has 11 heteroatoms. The fraction of sp³-hybridized carbons (Fsp3) is 0.200. The number of aryl methyl sites for hydroxylation is 1. The van der Waals surface area contributed by atoms with Gasteiger partial charge in [-0.3, -0.25) is 14.8 Å². The summed E-state index contributed by atoms with van der Waals surface area (Å²) in [6, 6.07) is 2.43. The minimum Gasteiger partial charge on any atom is -0.383 e. The fourth-order valence-corrected chi connectivity index (χ4v) is 3.65. The van der Waals surface area contributed by atoms with E-state index < -0.39 is 14.9 Å². The highest BCUT2D eigenvalue weighted by atomic mass is 32.2. The largest absolute Gasteiger partial charge is 0.383 e. The van der Waals surface area contributed by atoms with Crippen LogP contribution in [0.5, 0.6) is 0 Å². The van der Waals surface area contributed by atoms with E-state index in [0.29, 0.717) is 5.56 Å². The number of rotatable bonds is 5. The molecule has 0 spiro atoms. The smallest absolute Gasteiger partial charge is 0.293 e. The highest BCUT2D eigenvalue weighted by Crippen LogP contribution is 2.31. The van der Waals surface area contributed by atoms with E-state index in [1.807, 2.05) is 0 Å². The number of nitrogens with zero attached hydrogens (tertiary/aromatic N) is 3. The Kier molecular flexibility index (Phi) is 4.04. The number of anilines is 2. The molecular formula is C10H11N5O4S2. The number of aromatic nitrogens is 2. The van der Waals surface area contributed by atoms with Crippen molar-refractivity contribution >= 4 is 37.9 Å². The maximum atomic E-state index is 12.3. The number of nitrogens with one attached hydrogen (secondary N) is 2. The second-order valence-corrected chi connectivity index (χ2v) is 6.48. The lowest BCUT2D eigenvalue weighted by Gasteiger charge is -2.10. The predicted octanol–water partition coefficient (Wildman–Crippen LogP) is 1.60. The molecule has 2 rings (SSSR count). The third-order valence-corrected chi connectivity index (χ3v) is 4.85. The summed E-state index contributed by atoms with van der Waals surface area (Å²) in [4.78, 5) is 10.2. The van der Waals surface area contributed by atoms with E-state index >= 15 is 0 Å². The van der Waals surface area contributed by atoms with Gasteiger partial charge >= 0.3 is 0 Å². The van der Waals surface area contributed by atoms with Crippen molar-refractivity contribution in [3.8, 4) is 0 Å². The van der Waals surface area contributed by atoms with E-state index in [1.54, 1.807) is 6.92 Å². The number of benzene rings is 1. The summed E-state index contributed by atoms with van der Waals surface area (Å²) in [5.41, 5.74) is 1.67. The molecule has 0 unspecified atom stereocenters. The topological polar surface area (TPSA) is 127 Å². The zero-order chi connectivity index (χ0) is 15.6. The van der Waals surface area contributed by atoms with Crippen molar-refractivity contribution in [2.75, 3.05) is 17.1 Å². The molecule has 0 saturated carbocycles. The Hall–Kier alpha value is -2.27. The first-order chi connectivity index (χ1) is 9.85. The molecule has 0 radical (unpaired) electrons. The lowest BCUT2D eigenvalue weighted by molar-refractivity contribution is -0.384. The van der Waals surface area contributed by atoms with Gasteiger partial charge in [0.25, 0.3) is 15.7 Å². The molecule has 0 fully saturated rings. The lowest BCUT2D eigenvalue weighted by atomic mass is 10.2. The first kappa shape index (κ1) is 15.1. The third kappa shape index (κ3) is 3.08. The summed E-state index contributed by atoms with van der Waals surface area (Å²) < 4.78 is 26.8. The first-order valence-electron chi connectivity index (χ1n) is 5.61. The van der Waals surface area contributed by atoms with Crippen molar-refractivity contribution in [2.45, 2.75) is 11.8 Å². The van der Waals surface area contributed by atoms with Crippen LogP contribution in [-0.2, 0) is 10.0 Å². The van der Waals surface area contributed by atoms with Crippen LogP contribution < -0.4 is 10.0 Å². The van der Waals surface area contributed by atoms with Crippen LogP contribution in [0.25, 0.3) is 0 Å². The van der Waals surface area contributed by atoms with Gasteiger partial charge in [0.1, 0.15) is 11.2 Å². The van der Waals surface area contributed by atoms with Gasteiger partial charge < -0.3 is 5.32 Å². The molecule has 1 aromatic carbocycles. The van der Waals surface area contributed by atoms with Crippen molar-refractivity contribution < 1.29 is 13.3 Å². The van der Waals surface area contributed by atoms with Gasteiger partial charge in [0, 0.05) is 13.1 Å². The Balaban J connectivity index is 2.52. The first-order valence-corrected chi connectivity index (χ1v) is 7.97. The van der Waals surface area contributed by atoms with Crippen LogP contribution >= 0.6 is 11.3 Å². The molecule has 1 heterocycles. The molecular weight excluding hydrogens is 318 g/mol. The van der Waals surface area contributed by atoms with Gasteiger partial charge in [0.05, 0.1) is 9.82 Å². The number of hydrogen-bond donors (Lipinski definition) is 2. The average Bonchev–Trinajstić information content (AvgIpc) is 2.89. The fourth-order valence-electron chi connectivity index (χ4n) is 1.71. The normalized spacial score (nSPS) is 11.1. The van der Waals surface area contributed by atoms with Crippen molar-refractivity contribution in [3.63, 3.8) is 0 Å². The minimum absolute atomic E-state index is 0.0924. The second-order valence-electron chi connectivity index (χ2n) is 3.99. The van der Waals surface area contributed by atoms with Crippen LogP contribution in [0.1, 0.15) is 5.56 Å². The molecule has 0 bridgehead atoms. The monoisotopic (exact) mass is 329 g/mol. The molecule has 2 aromatic rings. The minimum atomic E-state index is -3.97. The van der Waals surface area contributed by atoms with Gasteiger partial charge in [0.2, 0.25) is 5.13 Å². The van der Waals surface area contributed by atoms with Gasteiger partial charge in [-0.25, -0.2) is 8.42 Å². The summed E-state index contributed by atoms with van der Waals surface area (Å²) in [6.45, 7) is 1.55. The third-order valence-electron chi connectivity index (χ3n) is 2.63.